The number of benzene rings is 1. The van der Waals surface area contributed by atoms with Gasteiger partial charge in [0.05, 0.1) is 0 Å². The van der Waals surface area contributed by atoms with Crippen molar-refractivity contribution in [2.75, 3.05) is 0 Å². The fraction of sp³-hybridized carbons (Fsp3) is 0.273. The maximum absolute atomic E-state index is 5.45. The average Bonchev–Trinajstić information content (AvgIpc) is 2.03. The van der Waals surface area contributed by atoms with Crippen LogP contribution in [0.2, 0.25) is 0 Å². The molecule has 0 nitrogen and oxygen atoms in total. The minimum atomic E-state index is 0.926. The minimum Gasteiger partial charge on any atom is -0.0933 e. The predicted molar refractivity (Wildman–Crippen MR) is 54.6 cm³/mol. The molecule has 12 heavy (non-hydrogen) atoms. The maximum Gasteiger partial charge on any atom is 0.000580 e. The first-order valence-electron chi connectivity index (χ1n) is 4.05. The molecular formula is C11H13Cl. The summed E-state index contributed by atoms with van der Waals surface area (Å²) in [5.74, 6) is 0. The first kappa shape index (κ1) is 9.34. The molecule has 0 bridgehead atoms. The number of allylic oxidation sites excluding steroid dienone is 1. The Kier molecular flexibility index (Phi) is 3.36. The first-order chi connectivity index (χ1) is 5.74. The smallest absolute Gasteiger partial charge is 0.000580 e. The van der Waals surface area contributed by atoms with Gasteiger partial charge in [-0.3, -0.25) is 0 Å². The van der Waals surface area contributed by atoms with E-state index in [0.29, 0.717) is 0 Å². The summed E-state index contributed by atoms with van der Waals surface area (Å²) in [6.07, 6.45) is 2.88. The number of hydrogen-bond donors (Lipinski definition) is 0. The van der Waals surface area contributed by atoms with E-state index < -0.39 is 0 Å². The van der Waals surface area contributed by atoms with Crippen molar-refractivity contribution < 1.29 is 0 Å². The summed E-state index contributed by atoms with van der Waals surface area (Å²) in [5, 5.41) is 0. The molecule has 0 aliphatic heterocycles. The van der Waals surface area contributed by atoms with Gasteiger partial charge in [0.25, 0.3) is 0 Å². The zero-order valence-corrected chi connectivity index (χ0v) is 8.23. The van der Waals surface area contributed by atoms with E-state index >= 15 is 0 Å². The Bertz CT molecular complexity index is 287. The van der Waals surface area contributed by atoms with Crippen molar-refractivity contribution in [1.82, 2.24) is 0 Å². The zero-order chi connectivity index (χ0) is 8.97. The number of hydrogen-bond acceptors (Lipinski definition) is 0. The number of halogens is 1. The van der Waals surface area contributed by atoms with Crippen LogP contribution in [0.3, 0.4) is 0 Å². The number of rotatable bonds is 2. The second-order valence-electron chi connectivity index (χ2n) is 3.00. The van der Waals surface area contributed by atoms with Gasteiger partial charge in [0, 0.05) is 5.54 Å². The van der Waals surface area contributed by atoms with E-state index in [4.69, 9.17) is 11.6 Å². The lowest BCUT2D eigenvalue weighted by Crippen LogP contribution is -1.87. The van der Waals surface area contributed by atoms with E-state index in [1.54, 1.807) is 5.54 Å². The van der Waals surface area contributed by atoms with E-state index in [1.807, 2.05) is 6.08 Å². The van der Waals surface area contributed by atoms with Crippen LogP contribution in [0.25, 0.3) is 0 Å². The Morgan fingerprint density at radius 3 is 2.67 bits per heavy atom. The molecule has 64 valence electrons. The van der Waals surface area contributed by atoms with Crippen molar-refractivity contribution in [3.05, 3.63) is 46.5 Å². The summed E-state index contributed by atoms with van der Waals surface area (Å²) in [5.41, 5.74) is 5.56. The van der Waals surface area contributed by atoms with Crippen LogP contribution in [0.15, 0.2) is 29.8 Å². The molecule has 0 saturated heterocycles. The lowest BCUT2D eigenvalue weighted by molar-refractivity contribution is 1.20. The summed E-state index contributed by atoms with van der Waals surface area (Å²) in [6, 6.07) is 6.48. The van der Waals surface area contributed by atoms with E-state index in [-0.39, 0.29) is 0 Å². The van der Waals surface area contributed by atoms with Crippen LogP contribution in [-0.4, -0.2) is 0 Å². The van der Waals surface area contributed by atoms with Gasteiger partial charge in [-0.2, -0.15) is 0 Å². The normalized spacial score (nSPS) is 10.9. The molecule has 0 atom stereocenters. The SMILES string of the molecule is Cc1ccc(CC=CCl)c(C)c1. The summed E-state index contributed by atoms with van der Waals surface area (Å²) in [7, 11) is 0. The van der Waals surface area contributed by atoms with Crippen LogP contribution in [0.4, 0.5) is 0 Å². The Hall–Kier alpha value is -0.750. The van der Waals surface area contributed by atoms with Gasteiger partial charge in [-0.1, -0.05) is 41.4 Å². The zero-order valence-electron chi connectivity index (χ0n) is 7.47. The molecule has 0 saturated carbocycles. The minimum absolute atomic E-state index is 0.926. The highest BCUT2D eigenvalue weighted by molar-refractivity contribution is 6.25. The van der Waals surface area contributed by atoms with Crippen LogP contribution in [-0.2, 0) is 6.42 Å². The quantitative estimate of drug-likeness (QED) is 0.653. The molecule has 1 aromatic carbocycles. The van der Waals surface area contributed by atoms with Crippen molar-refractivity contribution >= 4 is 11.6 Å². The highest BCUT2D eigenvalue weighted by Crippen LogP contribution is 2.11. The second kappa shape index (κ2) is 4.32. The highest BCUT2D eigenvalue weighted by Gasteiger charge is 1.94. The topological polar surface area (TPSA) is 0 Å². The van der Waals surface area contributed by atoms with Gasteiger partial charge in [-0.15, -0.1) is 0 Å². The van der Waals surface area contributed by atoms with Gasteiger partial charge in [-0.25, -0.2) is 0 Å². The summed E-state index contributed by atoms with van der Waals surface area (Å²) in [6.45, 7) is 4.23. The van der Waals surface area contributed by atoms with Crippen LogP contribution in [0.1, 0.15) is 16.7 Å². The molecule has 0 aliphatic carbocycles. The molecule has 1 aromatic rings. The van der Waals surface area contributed by atoms with Crippen LogP contribution >= 0.6 is 11.6 Å². The third-order valence-electron chi connectivity index (χ3n) is 1.92. The molecule has 0 fully saturated rings. The molecule has 0 aromatic heterocycles. The van der Waals surface area contributed by atoms with Gasteiger partial charge in [0.1, 0.15) is 0 Å². The fourth-order valence-electron chi connectivity index (χ4n) is 1.25. The van der Waals surface area contributed by atoms with Gasteiger partial charge in [0.2, 0.25) is 0 Å². The van der Waals surface area contributed by atoms with Gasteiger partial charge in [-0.05, 0) is 31.4 Å². The Labute approximate surface area is 78.9 Å². The molecule has 0 aliphatic rings. The van der Waals surface area contributed by atoms with Crippen LogP contribution < -0.4 is 0 Å². The maximum atomic E-state index is 5.45. The Morgan fingerprint density at radius 2 is 2.08 bits per heavy atom. The predicted octanol–water partition coefficient (Wildman–Crippen LogP) is 3.60. The van der Waals surface area contributed by atoms with E-state index in [2.05, 4.69) is 32.0 Å². The summed E-state index contributed by atoms with van der Waals surface area (Å²) < 4.78 is 0. The molecule has 0 N–H and O–H groups in total. The van der Waals surface area contributed by atoms with E-state index in [9.17, 15) is 0 Å². The van der Waals surface area contributed by atoms with Crippen molar-refractivity contribution in [2.45, 2.75) is 20.3 Å². The van der Waals surface area contributed by atoms with E-state index in [0.717, 1.165) is 6.42 Å². The lowest BCUT2D eigenvalue weighted by atomic mass is 10.0. The Morgan fingerprint density at radius 1 is 1.33 bits per heavy atom. The van der Waals surface area contributed by atoms with Crippen molar-refractivity contribution in [3.63, 3.8) is 0 Å². The number of aryl methyl sites for hydroxylation is 2. The van der Waals surface area contributed by atoms with Crippen molar-refractivity contribution in [2.24, 2.45) is 0 Å². The summed E-state index contributed by atoms with van der Waals surface area (Å²) >= 11 is 5.45. The third-order valence-corrected chi connectivity index (χ3v) is 2.10. The van der Waals surface area contributed by atoms with Gasteiger partial charge < -0.3 is 0 Å². The molecule has 1 rings (SSSR count). The average molecular weight is 181 g/mol. The molecule has 0 radical (unpaired) electrons. The molecule has 0 amide bonds. The Balaban J connectivity index is 2.86. The first-order valence-corrected chi connectivity index (χ1v) is 4.49. The lowest BCUT2D eigenvalue weighted by Gasteiger charge is -2.02. The standard InChI is InChI=1S/C11H13Cl/c1-9-5-6-11(4-3-7-12)10(2)8-9/h3,5-8H,4H2,1-2H3. The van der Waals surface area contributed by atoms with Crippen LogP contribution in [0, 0.1) is 13.8 Å². The summed E-state index contributed by atoms with van der Waals surface area (Å²) in [4.78, 5) is 0. The fourth-order valence-corrected chi connectivity index (χ4v) is 1.34. The molecule has 0 heterocycles. The molecular weight excluding hydrogens is 168 g/mol. The largest absolute Gasteiger partial charge is 0.0933 e. The monoisotopic (exact) mass is 180 g/mol. The van der Waals surface area contributed by atoms with Gasteiger partial charge in [0.15, 0.2) is 0 Å². The van der Waals surface area contributed by atoms with Crippen LogP contribution in [0.5, 0.6) is 0 Å². The molecule has 1 heteroatoms. The van der Waals surface area contributed by atoms with Crippen molar-refractivity contribution in [1.29, 1.82) is 0 Å². The third kappa shape index (κ3) is 2.38. The molecule has 0 unspecified atom stereocenters. The highest BCUT2D eigenvalue weighted by atomic mass is 35.5. The van der Waals surface area contributed by atoms with Crippen molar-refractivity contribution in [3.8, 4) is 0 Å². The second-order valence-corrected chi connectivity index (χ2v) is 3.25. The van der Waals surface area contributed by atoms with Gasteiger partial charge >= 0.3 is 0 Å². The van der Waals surface area contributed by atoms with E-state index in [1.165, 1.54) is 16.7 Å². The molecule has 0 spiro atoms.